The zero-order valence-electron chi connectivity index (χ0n) is 11.1. The van der Waals surface area contributed by atoms with Gasteiger partial charge < -0.3 is 15.4 Å². The molecule has 1 heterocycles. The number of benzene rings is 1. The van der Waals surface area contributed by atoms with Gasteiger partial charge in [0.2, 0.25) is 0 Å². The molecule has 0 aromatic heterocycles. The molecule has 1 unspecified atom stereocenters. The number of amides is 1. The predicted molar refractivity (Wildman–Crippen MR) is 70.7 cm³/mol. The number of carbonyl (C=O) groups is 1. The lowest BCUT2D eigenvalue weighted by molar-refractivity contribution is 0.0651. The third-order valence-electron chi connectivity index (χ3n) is 3.49. The second-order valence-corrected chi connectivity index (χ2v) is 5.42. The van der Waals surface area contributed by atoms with Crippen LogP contribution in [-0.4, -0.2) is 36.0 Å². The Morgan fingerprint density at radius 2 is 2.00 bits per heavy atom. The second kappa shape index (κ2) is 4.61. The number of carbonyl (C=O) groups excluding carboxylic acids is 1. The van der Waals surface area contributed by atoms with Crippen molar-refractivity contribution < 1.29 is 9.53 Å². The first kappa shape index (κ1) is 12.9. The van der Waals surface area contributed by atoms with E-state index in [0.717, 1.165) is 12.2 Å². The van der Waals surface area contributed by atoms with Gasteiger partial charge in [-0.1, -0.05) is 0 Å². The van der Waals surface area contributed by atoms with Gasteiger partial charge in [0.1, 0.15) is 5.75 Å². The molecule has 1 aromatic rings. The van der Waals surface area contributed by atoms with Crippen LogP contribution in [-0.2, 0) is 0 Å². The van der Waals surface area contributed by atoms with Gasteiger partial charge in [-0.3, -0.25) is 4.79 Å². The highest BCUT2D eigenvalue weighted by atomic mass is 16.5. The molecular weight excluding hydrogens is 228 g/mol. The molecule has 1 aromatic carbocycles. The summed E-state index contributed by atoms with van der Waals surface area (Å²) in [5.41, 5.74) is 6.46. The zero-order valence-corrected chi connectivity index (χ0v) is 11.1. The maximum absolute atomic E-state index is 12.4. The van der Waals surface area contributed by atoms with Crippen molar-refractivity contribution in [3.05, 3.63) is 29.8 Å². The second-order valence-electron chi connectivity index (χ2n) is 5.42. The molecule has 4 heteroatoms. The van der Waals surface area contributed by atoms with Crippen molar-refractivity contribution in [1.29, 1.82) is 0 Å². The number of hydrogen-bond acceptors (Lipinski definition) is 3. The van der Waals surface area contributed by atoms with Gasteiger partial charge in [-0.15, -0.1) is 0 Å². The molecule has 18 heavy (non-hydrogen) atoms. The Labute approximate surface area is 108 Å². The third-order valence-corrected chi connectivity index (χ3v) is 3.49. The van der Waals surface area contributed by atoms with E-state index in [-0.39, 0.29) is 17.5 Å². The highest BCUT2D eigenvalue weighted by molar-refractivity contribution is 5.95. The van der Waals surface area contributed by atoms with Crippen molar-refractivity contribution in [2.75, 3.05) is 13.7 Å². The molecule has 2 N–H and O–H groups in total. The summed E-state index contributed by atoms with van der Waals surface area (Å²) in [7, 11) is 1.61. The summed E-state index contributed by atoms with van der Waals surface area (Å²) in [6.45, 7) is 4.74. The van der Waals surface area contributed by atoms with E-state index in [1.54, 1.807) is 31.4 Å². The van der Waals surface area contributed by atoms with Crippen molar-refractivity contribution in [2.45, 2.75) is 31.8 Å². The van der Waals surface area contributed by atoms with Crippen LogP contribution >= 0.6 is 0 Å². The van der Waals surface area contributed by atoms with E-state index in [4.69, 9.17) is 10.5 Å². The summed E-state index contributed by atoms with van der Waals surface area (Å²) in [5.74, 6) is 0.791. The van der Waals surface area contributed by atoms with E-state index in [1.807, 2.05) is 4.90 Å². The first-order valence-electron chi connectivity index (χ1n) is 6.15. The highest BCUT2D eigenvalue weighted by Crippen LogP contribution is 2.29. The normalized spacial score (nSPS) is 22.0. The molecule has 4 nitrogen and oxygen atoms in total. The van der Waals surface area contributed by atoms with Crippen LogP contribution in [0.3, 0.4) is 0 Å². The van der Waals surface area contributed by atoms with Crippen molar-refractivity contribution in [3.63, 3.8) is 0 Å². The average Bonchev–Trinajstić information content (AvgIpc) is 2.61. The van der Waals surface area contributed by atoms with Crippen LogP contribution in [0.4, 0.5) is 0 Å². The summed E-state index contributed by atoms with van der Waals surface area (Å²) in [5, 5.41) is 0. The third kappa shape index (κ3) is 2.34. The number of nitrogens with two attached hydrogens (primary N) is 1. The predicted octanol–water partition coefficient (Wildman–Crippen LogP) is 1.65. The monoisotopic (exact) mass is 248 g/mol. The summed E-state index contributed by atoms with van der Waals surface area (Å²) in [6, 6.07) is 7.26. The number of nitrogens with zero attached hydrogens (tertiary/aromatic N) is 1. The zero-order chi connectivity index (χ0) is 13.3. The molecule has 1 atom stereocenters. The van der Waals surface area contributed by atoms with Gasteiger partial charge in [-0.25, -0.2) is 0 Å². The van der Waals surface area contributed by atoms with E-state index in [9.17, 15) is 4.79 Å². The van der Waals surface area contributed by atoms with Crippen LogP contribution in [0.5, 0.6) is 5.75 Å². The van der Waals surface area contributed by atoms with Gasteiger partial charge in [-0.2, -0.15) is 0 Å². The van der Waals surface area contributed by atoms with Crippen LogP contribution in [0.1, 0.15) is 30.6 Å². The van der Waals surface area contributed by atoms with Gasteiger partial charge in [0.05, 0.1) is 7.11 Å². The molecule has 0 spiro atoms. The van der Waals surface area contributed by atoms with Crippen molar-refractivity contribution in [2.24, 2.45) is 5.73 Å². The minimum Gasteiger partial charge on any atom is -0.497 e. The lowest BCUT2D eigenvalue weighted by Crippen LogP contribution is -2.42. The highest BCUT2D eigenvalue weighted by Gasteiger charge is 2.39. The van der Waals surface area contributed by atoms with Crippen LogP contribution < -0.4 is 10.5 Å². The topological polar surface area (TPSA) is 55.6 Å². The maximum Gasteiger partial charge on any atom is 0.254 e. The fourth-order valence-corrected chi connectivity index (χ4v) is 2.55. The number of ether oxygens (including phenoxy) is 1. The largest absolute Gasteiger partial charge is 0.497 e. The Balaban J connectivity index is 2.20. The van der Waals surface area contributed by atoms with Crippen LogP contribution in [0.15, 0.2) is 24.3 Å². The SMILES string of the molecule is COc1ccc(C(=O)N2CC(N)CC2(C)C)cc1. The van der Waals surface area contributed by atoms with Gasteiger partial charge in [-0.05, 0) is 44.5 Å². The number of rotatable bonds is 2. The van der Waals surface area contributed by atoms with Crippen molar-refractivity contribution in [1.82, 2.24) is 4.90 Å². The molecule has 1 amide bonds. The fourth-order valence-electron chi connectivity index (χ4n) is 2.55. The van der Waals surface area contributed by atoms with Crippen LogP contribution in [0, 0.1) is 0 Å². The summed E-state index contributed by atoms with van der Waals surface area (Å²) >= 11 is 0. The summed E-state index contributed by atoms with van der Waals surface area (Å²) in [4.78, 5) is 14.3. The molecular formula is C14H20N2O2. The van der Waals surface area contributed by atoms with Crippen LogP contribution in [0.25, 0.3) is 0 Å². The number of methoxy groups -OCH3 is 1. The molecule has 0 radical (unpaired) electrons. The number of hydrogen-bond donors (Lipinski definition) is 1. The molecule has 0 saturated carbocycles. The molecule has 0 aliphatic carbocycles. The smallest absolute Gasteiger partial charge is 0.254 e. The Kier molecular flexibility index (Phi) is 3.30. The Bertz CT molecular complexity index is 440. The number of likely N-dealkylation sites (tertiary alicyclic amines) is 1. The Morgan fingerprint density at radius 1 is 1.39 bits per heavy atom. The average molecular weight is 248 g/mol. The minimum absolute atomic E-state index is 0.0376. The first-order chi connectivity index (χ1) is 8.44. The van der Waals surface area contributed by atoms with E-state index in [0.29, 0.717) is 12.1 Å². The molecule has 1 aliphatic rings. The molecule has 0 bridgehead atoms. The van der Waals surface area contributed by atoms with Gasteiger partial charge in [0.15, 0.2) is 0 Å². The first-order valence-corrected chi connectivity index (χ1v) is 6.15. The van der Waals surface area contributed by atoms with E-state index in [1.165, 1.54) is 0 Å². The molecule has 1 fully saturated rings. The summed E-state index contributed by atoms with van der Waals surface area (Å²) < 4.78 is 5.09. The summed E-state index contributed by atoms with van der Waals surface area (Å²) in [6.07, 6.45) is 0.842. The van der Waals surface area contributed by atoms with Gasteiger partial charge in [0.25, 0.3) is 5.91 Å². The van der Waals surface area contributed by atoms with Crippen LogP contribution in [0.2, 0.25) is 0 Å². The molecule has 2 rings (SSSR count). The van der Waals surface area contributed by atoms with E-state index in [2.05, 4.69) is 13.8 Å². The van der Waals surface area contributed by atoms with Gasteiger partial charge >= 0.3 is 0 Å². The van der Waals surface area contributed by atoms with E-state index >= 15 is 0 Å². The maximum atomic E-state index is 12.4. The quantitative estimate of drug-likeness (QED) is 0.865. The molecule has 1 aliphatic heterocycles. The fraction of sp³-hybridized carbons (Fsp3) is 0.500. The Morgan fingerprint density at radius 3 is 2.44 bits per heavy atom. The van der Waals surface area contributed by atoms with Crippen molar-refractivity contribution in [3.8, 4) is 5.75 Å². The standard InChI is InChI=1S/C14H20N2O2/c1-14(2)8-11(15)9-16(14)13(17)10-4-6-12(18-3)7-5-10/h4-7,11H,8-9,15H2,1-3H3. The Hall–Kier alpha value is -1.55. The van der Waals surface area contributed by atoms with Crippen molar-refractivity contribution >= 4 is 5.91 Å². The van der Waals surface area contributed by atoms with Gasteiger partial charge in [0, 0.05) is 23.7 Å². The lowest BCUT2D eigenvalue weighted by Gasteiger charge is -2.31. The lowest BCUT2D eigenvalue weighted by atomic mass is 10.00. The molecule has 1 saturated heterocycles. The minimum atomic E-state index is -0.170. The molecule has 98 valence electrons. The van der Waals surface area contributed by atoms with E-state index < -0.39 is 0 Å².